The Labute approximate surface area is 320 Å². The van der Waals surface area contributed by atoms with E-state index in [4.69, 9.17) is 4.74 Å². The number of amides is 2. The summed E-state index contributed by atoms with van der Waals surface area (Å²) in [4.78, 5) is 47.8. The van der Waals surface area contributed by atoms with Crippen LogP contribution in [0, 0.1) is 0 Å². The van der Waals surface area contributed by atoms with E-state index in [1.54, 1.807) is 0 Å². The van der Waals surface area contributed by atoms with E-state index in [1.807, 2.05) is 0 Å². The van der Waals surface area contributed by atoms with Crippen LogP contribution in [0.1, 0.15) is 219 Å². The summed E-state index contributed by atoms with van der Waals surface area (Å²) < 4.78 is 4.88. The average molecular weight is 731 g/mol. The number of hydrogen-bond acceptors (Lipinski definition) is 5. The lowest BCUT2D eigenvalue weighted by Gasteiger charge is -2.04. The predicted octanol–water partition coefficient (Wildman–Crippen LogP) is 12.0. The number of carbonyl (C=O) groups is 4. The highest BCUT2D eigenvalue weighted by atomic mass is 16.5. The van der Waals surface area contributed by atoms with Crippen molar-refractivity contribution in [3.05, 3.63) is 24.3 Å². The van der Waals surface area contributed by atoms with Crippen molar-refractivity contribution in [2.45, 2.75) is 219 Å². The van der Waals surface area contributed by atoms with Gasteiger partial charge >= 0.3 is 5.97 Å². The van der Waals surface area contributed by atoms with Crippen molar-refractivity contribution in [1.29, 1.82) is 0 Å². The summed E-state index contributed by atoms with van der Waals surface area (Å²) in [7, 11) is 0. The molecule has 0 aliphatic rings. The Morgan fingerprint density at radius 3 is 0.942 bits per heavy atom. The molecule has 0 spiro atoms. The molecule has 0 heterocycles. The van der Waals surface area contributed by atoms with E-state index >= 15 is 0 Å². The fourth-order valence-corrected chi connectivity index (χ4v) is 6.44. The van der Waals surface area contributed by atoms with Crippen LogP contribution in [-0.2, 0) is 23.9 Å². The molecule has 0 aromatic rings. The zero-order valence-corrected chi connectivity index (χ0v) is 34.1. The molecule has 0 saturated carbocycles. The molecular weight excluding hydrogens is 649 g/mol. The third-order valence-corrected chi connectivity index (χ3v) is 9.81. The zero-order chi connectivity index (χ0) is 38.0. The molecule has 0 saturated heterocycles. The minimum atomic E-state index is -0.771. The van der Waals surface area contributed by atoms with Gasteiger partial charge in [-0.2, -0.15) is 0 Å². The number of ketones is 1. The smallest absolute Gasteiger partial charge is 0.331 e. The van der Waals surface area contributed by atoms with Crippen molar-refractivity contribution < 1.29 is 23.9 Å². The molecule has 0 atom stereocenters. The Morgan fingerprint density at radius 1 is 0.365 bits per heavy atom. The summed E-state index contributed by atoms with van der Waals surface area (Å²) in [5.74, 6) is -1.95. The van der Waals surface area contributed by atoms with Crippen molar-refractivity contribution in [2.24, 2.45) is 0 Å². The molecule has 2 N–H and O–H groups in total. The first-order valence-electron chi connectivity index (χ1n) is 22.1. The molecule has 7 heteroatoms. The van der Waals surface area contributed by atoms with Gasteiger partial charge in [0.05, 0.1) is 0 Å². The molecule has 0 rings (SSSR count). The number of hydrogen-bond donors (Lipinski definition) is 2. The highest BCUT2D eigenvalue weighted by Gasteiger charge is 2.05. The lowest BCUT2D eigenvalue weighted by molar-refractivity contribution is -0.141. The predicted molar refractivity (Wildman–Crippen MR) is 219 cm³/mol. The van der Waals surface area contributed by atoms with Crippen molar-refractivity contribution in [3.8, 4) is 0 Å². The van der Waals surface area contributed by atoms with E-state index in [-0.39, 0.29) is 11.8 Å². The van der Waals surface area contributed by atoms with E-state index in [0.717, 1.165) is 43.9 Å². The standard InChI is InChI=1S/C45H82N2O5/c1-3-5-7-9-11-13-15-17-19-21-23-25-27-29-31-33-39-46-43(49)36-35-42(48)41-52-45(51)38-37-44(50)47-40-34-32-30-28-26-24-22-20-18-16-14-12-10-8-6-4-2/h35-38H,3-34,39-41H2,1-2H3,(H,46,49)(H,47,50)/b36-35-,38-37-. The van der Waals surface area contributed by atoms with Gasteiger partial charge < -0.3 is 15.4 Å². The second-order valence-corrected chi connectivity index (χ2v) is 14.9. The number of carbonyl (C=O) groups excluding carboxylic acids is 4. The Balaban J connectivity index is 3.57. The van der Waals surface area contributed by atoms with Crippen LogP contribution >= 0.6 is 0 Å². The molecule has 0 radical (unpaired) electrons. The van der Waals surface area contributed by atoms with Crippen LogP contribution in [0.3, 0.4) is 0 Å². The van der Waals surface area contributed by atoms with E-state index in [2.05, 4.69) is 24.5 Å². The maximum absolute atomic E-state index is 12.0. The lowest BCUT2D eigenvalue weighted by atomic mass is 10.0. The van der Waals surface area contributed by atoms with Crippen LogP contribution < -0.4 is 10.6 Å². The molecule has 302 valence electrons. The molecule has 0 aliphatic heterocycles. The molecule has 7 nitrogen and oxygen atoms in total. The Bertz CT molecular complexity index is 828. The van der Waals surface area contributed by atoms with Gasteiger partial charge in [0.15, 0.2) is 12.4 Å². The fraction of sp³-hybridized carbons (Fsp3) is 0.822. The van der Waals surface area contributed by atoms with Gasteiger partial charge in [-0.25, -0.2) is 4.79 Å². The third kappa shape index (κ3) is 40.3. The zero-order valence-electron chi connectivity index (χ0n) is 34.1. The van der Waals surface area contributed by atoms with E-state index in [0.29, 0.717) is 13.1 Å². The van der Waals surface area contributed by atoms with Gasteiger partial charge in [-0.3, -0.25) is 14.4 Å². The lowest BCUT2D eigenvalue weighted by Crippen LogP contribution is -2.23. The van der Waals surface area contributed by atoms with Gasteiger partial charge in [0.2, 0.25) is 11.8 Å². The maximum atomic E-state index is 12.0. The van der Waals surface area contributed by atoms with Gasteiger partial charge in [-0.1, -0.05) is 206 Å². The number of unbranched alkanes of at least 4 members (excludes halogenated alkanes) is 30. The molecule has 52 heavy (non-hydrogen) atoms. The molecule has 2 amide bonds. The van der Waals surface area contributed by atoms with Crippen molar-refractivity contribution in [3.63, 3.8) is 0 Å². The van der Waals surface area contributed by atoms with Crippen LogP contribution in [-0.4, -0.2) is 43.3 Å². The number of nitrogens with one attached hydrogen (secondary N) is 2. The van der Waals surface area contributed by atoms with Crippen molar-refractivity contribution >= 4 is 23.6 Å². The molecule has 0 unspecified atom stereocenters. The van der Waals surface area contributed by atoms with E-state index in [9.17, 15) is 19.2 Å². The fourth-order valence-electron chi connectivity index (χ4n) is 6.44. The van der Waals surface area contributed by atoms with Gasteiger partial charge in [0.1, 0.15) is 0 Å². The minimum absolute atomic E-state index is 0.332. The molecule has 0 bridgehead atoms. The summed E-state index contributed by atoms with van der Waals surface area (Å²) in [6.07, 6.45) is 46.2. The summed E-state index contributed by atoms with van der Waals surface area (Å²) >= 11 is 0. The number of ether oxygens (including phenoxy) is 1. The Morgan fingerprint density at radius 2 is 0.635 bits per heavy atom. The van der Waals surface area contributed by atoms with Crippen LogP contribution in [0.25, 0.3) is 0 Å². The van der Waals surface area contributed by atoms with Gasteiger partial charge in [0.25, 0.3) is 0 Å². The van der Waals surface area contributed by atoms with E-state index < -0.39 is 18.4 Å². The molecule has 0 aliphatic carbocycles. The monoisotopic (exact) mass is 731 g/mol. The number of esters is 1. The van der Waals surface area contributed by atoms with Gasteiger partial charge in [-0.05, 0) is 18.9 Å². The summed E-state index contributed by atoms with van der Waals surface area (Å²) in [5.41, 5.74) is 0. The first kappa shape index (κ1) is 49.6. The summed E-state index contributed by atoms with van der Waals surface area (Å²) in [6, 6.07) is 0. The Hall–Kier alpha value is -2.44. The minimum Gasteiger partial charge on any atom is -0.454 e. The second-order valence-electron chi connectivity index (χ2n) is 14.9. The maximum Gasteiger partial charge on any atom is 0.331 e. The van der Waals surface area contributed by atoms with Gasteiger partial charge in [0, 0.05) is 31.3 Å². The summed E-state index contributed by atoms with van der Waals surface area (Å²) in [5, 5.41) is 5.57. The highest BCUT2D eigenvalue weighted by molar-refractivity contribution is 5.99. The van der Waals surface area contributed by atoms with Crippen LogP contribution in [0.4, 0.5) is 0 Å². The molecule has 0 fully saturated rings. The van der Waals surface area contributed by atoms with Crippen LogP contribution in [0.2, 0.25) is 0 Å². The van der Waals surface area contributed by atoms with Crippen molar-refractivity contribution in [1.82, 2.24) is 10.6 Å². The van der Waals surface area contributed by atoms with E-state index in [1.165, 1.54) is 186 Å². The topological polar surface area (TPSA) is 102 Å². The van der Waals surface area contributed by atoms with Gasteiger partial charge in [-0.15, -0.1) is 0 Å². The first-order chi connectivity index (χ1) is 25.5. The third-order valence-electron chi connectivity index (χ3n) is 9.81. The highest BCUT2D eigenvalue weighted by Crippen LogP contribution is 2.15. The molecular formula is C45H82N2O5. The number of rotatable bonds is 40. The molecule has 0 aromatic carbocycles. The van der Waals surface area contributed by atoms with Crippen LogP contribution in [0.15, 0.2) is 24.3 Å². The largest absolute Gasteiger partial charge is 0.454 e. The van der Waals surface area contributed by atoms with Crippen LogP contribution in [0.5, 0.6) is 0 Å². The first-order valence-corrected chi connectivity index (χ1v) is 22.1. The second kappa shape index (κ2) is 41.3. The summed E-state index contributed by atoms with van der Waals surface area (Å²) in [6.45, 7) is 5.21. The molecule has 0 aromatic heterocycles. The Kier molecular flexibility index (Phi) is 39.4. The quantitative estimate of drug-likeness (QED) is 0.0371. The van der Waals surface area contributed by atoms with Crippen molar-refractivity contribution in [2.75, 3.05) is 19.7 Å². The normalized spacial score (nSPS) is 11.4. The SMILES string of the molecule is CCCCCCCCCCCCCCCCCCNC(=O)/C=C\C(=O)COC(=O)/C=C\C(=O)NCCCCCCCCCCCCCCCCCC. The average Bonchev–Trinajstić information content (AvgIpc) is 3.14.